The Hall–Kier alpha value is -1.40. The number of carbonyl (C=O) groups is 1. The third-order valence-electron chi connectivity index (χ3n) is 1.81. The van der Waals surface area contributed by atoms with Crippen molar-refractivity contribution in [3.63, 3.8) is 0 Å². The monoisotopic (exact) mass is 257 g/mol. The highest BCUT2D eigenvalue weighted by molar-refractivity contribution is 7.12. The average Bonchev–Trinajstić information content (AvgIpc) is 2.86. The van der Waals surface area contributed by atoms with Crippen molar-refractivity contribution >= 4 is 28.9 Å². The van der Waals surface area contributed by atoms with Crippen LogP contribution < -0.4 is 0 Å². The van der Waals surface area contributed by atoms with Gasteiger partial charge in [0.15, 0.2) is 0 Å². The molecule has 2 heterocycles. The molecular formula is C9H8ClN3O2S. The minimum Gasteiger partial charge on any atom is -0.462 e. The zero-order chi connectivity index (χ0) is 11.5. The highest BCUT2D eigenvalue weighted by Crippen LogP contribution is 2.21. The number of nitrogens with zero attached hydrogens (tertiary/aromatic N) is 3. The standard InChI is InChI=1S/C9H8ClN3O2S/c1-2-15-8(14)6-5-12-13(7(6)10)9-11-3-4-16-9/h3-5H,2H2,1H3. The summed E-state index contributed by atoms with van der Waals surface area (Å²) in [6.07, 6.45) is 3.02. The highest BCUT2D eigenvalue weighted by atomic mass is 35.5. The number of ether oxygens (including phenoxy) is 1. The van der Waals surface area contributed by atoms with Crippen LogP contribution in [-0.2, 0) is 4.74 Å². The maximum absolute atomic E-state index is 11.5. The van der Waals surface area contributed by atoms with E-state index in [9.17, 15) is 4.79 Å². The number of halogens is 1. The van der Waals surface area contributed by atoms with Crippen LogP contribution in [0.5, 0.6) is 0 Å². The van der Waals surface area contributed by atoms with Crippen molar-refractivity contribution in [3.8, 4) is 5.13 Å². The smallest absolute Gasteiger partial charge is 0.342 e. The topological polar surface area (TPSA) is 57.0 Å². The van der Waals surface area contributed by atoms with Crippen LogP contribution in [0.1, 0.15) is 17.3 Å². The first-order chi connectivity index (χ1) is 7.74. The molecule has 0 bridgehead atoms. The van der Waals surface area contributed by atoms with Crippen LogP contribution in [0.25, 0.3) is 5.13 Å². The van der Waals surface area contributed by atoms with Gasteiger partial charge in [0.05, 0.1) is 12.8 Å². The van der Waals surface area contributed by atoms with E-state index in [1.807, 2.05) is 0 Å². The van der Waals surface area contributed by atoms with Gasteiger partial charge in [0.25, 0.3) is 0 Å². The molecule has 5 nitrogen and oxygen atoms in total. The van der Waals surface area contributed by atoms with Crippen molar-refractivity contribution in [2.24, 2.45) is 0 Å². The fourth-order valence-corrected chi connectivity index (χ4v) is 2.04. The van der Waals surface area contributed by atoms with Gasteiger partial charge in [0, 0.05) is 11.6 Å². The molecule has 0 fully saturated rings. The fourth-order valence-electron chi connectivity index (χ4n) is 1.13. The summed E-state index contributed by atoms with van der Waals surface area (Å²) in [4.78, 5) is 15.5. The molecule has 0 spiro atoms. The Morgan fingerprint density at radius 2 is 2.50 bits per heavy atom. The molecule has 0 saturated carbocycles. The predicted octanol–water partition coefficient (Wildman–Crippen LogP) is 2.16. The summed E-state index contributed by atoms with van der Waals surface area (Å²) in [5.74, 6) is -0.477. The number of aromatic nitrogens is 3. The van der Waals surface area contributed by atoms with Gasteiger partial charge in [0.2, 0.25) is 5.13 Å². The first-order valence-corrected chi connectivity index (χ1v) is 5.80. The molecule has 2 aromatic rings. The summed E-state index contributed by atoms with van der Waals surface area (Å²) in [6, 6.07) is 0. The summed E-state index contributed by atoms with van der Waals surface area (Å²) in [5, 5.41) is 6.62. The van der Waals surface area contributed by atoms with Crippen LogP contribution in [-0.4, -0.2) is 27.3 Å². The quantitative estimate of drug-likeness (QED) is 0.791. The highest BCUT2D eigenvalue weighted by Gasteiger charge is 2.18. The Morgan fingerprint density at radius 3 is 3.12 bits per heavy atom. The molecule has 16 heavy (non-hydrogen) atoms. The summed E-state index contributed by atoms with van der Waals surface area (Å²) in [6.45, 7) is 2.04. The third-order valence-corrected chi connectivity index (χ3v) is 2.92. The first-order valence-electron chi connectivity index (χ1n) is 4.54. The minimum atomic E-state index is -0.477. The van der Waals surface area contributed by atoms with E-state index in [4.69, 9.17) is 16.3 Å². The third kappa shape index (κ3) is 1.94. The van der Waals surface area contributed by atoms with Crippen molar-refractivity contribution in [2.75, 3.05) is 6.61 Å². The summed E-state index contributed by atoms with van der Waals surface area (Å²) >= 11 is 7.39. The first kappa shape index (κ1) is 11.1. The molecule has 0 aliphatic heterocycles. The van der Waals surface area contributed by atoms with Crippen molar-refractivity contribution in [1.29, 1.82) is 0 Å². The van der Waals surface area contributed by atoms with Crippen LogP contribution >= 0.6 is 22.9 Å². The van der Waals surface area contributed by atoms with Gasteiger partial charge in [-0.1, -0.05) is 11.6 Å². The molecule has 2 aromatic heterocycles. The second-order valence-corrected chi connectivity index (χ2v) is 4.03. The fraction of sp³-hybridized carbons (Fsp3) is 0.222. The van der Waals surface area contributed by atoms with E-state index in [2.05, 4.69) is 10.1 Å². The molecule has 7 heteroatoms. The SMILES string of the molecule is CCOC(=O)c1cnn(-c2nccs2)c1Cl. The molecule has 0 aliphatic rings. The van der Waals surface area contributed by atoms with Gasteiger partial charge >= 0.3 is 5.97 Å². The lowest BCUT2D eigenvalue weighted by Crippen LogP contribution is -2.04. The van der Waals surface area contributed by atoms with E-state index in [0.717, 1.165) is 0 Å². The van der Waals surface area contributed by atoms with E-state index in [1.54, 1.807) is 18.5 Å². The van der Waals surface area contributed by atoms with Crippen molar-refractivity contribution in [3.05, 3.63) is 28.5 Å². The van der Waals surface area contributed by atoms with Crippen LogP contribution in [0.3, 0.4) is 0 Å². The van der Waals surface area contributed by atoms with E-state index >= 15 is 0 Å². The van der Waals surface area contributed by atoms with Crippen LogP contribution in [0.2, 0.25) is 5.15 Å². The van der Waals surface area contributed by atoms with E-state index < -0.39 is 5.97 Å². The largest absolute Gasteiger partial charge is 0.462 e. The van der Waals surface area contributed by atoms with Crippen LogP contribution in [0.15, 0.2) is 17.8 Å². The summed E-state index contributed by atoms with van der Waals surface area (Å²) in [5.41, 5.74) is 0.249. The number of hydrogen-bond donors (Lipinski definition) is 0. The van der Waals surface area contributed by atoms with Gasteiger partial charge in [0.1, 0.15) is 10.7 Å². The van der Waals surface area contributed by atoms with Crippen LogP contribution in [0.4, 0.5) is 0 Å². The predicted molar refractivity (Wildman–Crippen MR) is 60.2 cm³/mol. The normalized spacial score (nSPS) is 10.4. The molecule has 84 valence electrons. The van der Waals surface area contributed by atoms with Crippen molar-refractivity contribution in [2.45, 2.75) is 6.92 Å². The summed E-state index contributed by atoms with van der Waals surface area (Å²) in [7, 11) is 0. The van der Waals surface area contributed by atoms with Crippen LogP contribution in [0, 0.1) is 0 Å². The van der Waals surface area contributed by atoms with E-state index in [-0.39, 0.29) is 10.7 Å². The number of hydrogen-bond acceptors (Lipinski definition) is 5. The molecule has 0 amide bonds. The molecule has 0 atom stereocenters. The van der Waals surface area contributed by atoms with Gasteiger partial charge < -0.3 is 4.74 Å². The lowest BCUT2D eigenvalue weighted by Gasteiger charge is -1.99. The molecule has 0 saturated heterocycles. The second kappa shape index (κ2) is 4.63. The van der Waals surface area contributed by atoms with E-state index in [0.29, 0.717) is 11.7 Å². The average molecular weight is 258 g/mol. The number of thiazole rings is 1. The van der Waals surface area contributed by atoms with Crippen molar-refractivity contribution < 1.29 is 9.53 Å². The molecular weight excluding hydrogens is 250 g/mol. The van der Waals surface area contributed by atoms with Crippen molar-refractivity contribution in [1.82, 2.24) is 14.8 Å². The van der Waals surface area contributed by atoms with Gasteiger partial charge in [-0.2, -0.15) is 9.78 Å². The molecule has 0 aliphatic carbocycles. The Morgan fingerprint density at radius 1 is 1.69 bits per heavy atom. The Labute approximate surface area is 101 Å². The molecule has 0 N–H and O–H groups in total. The number of esters is 1. The van der Waals surface area contributed by atoms with Gasteiger partial charge in [-0.25, -0.2) is 9.78 Å². The van der Waals surface area contributed by atoms with Gasteiger partial charge in [-0.15, -0.1) is 11.3 Å². The molecule has 0 radical (unpaired) electrons. The number of rotatable bonds is 3. The zero-order valence-electron chi connectivity index (χ0n) is 8.38. The Bertz CT molecular complexity index is 495. The molecule has 2 rings (SSSR count). The second-order valence-electron chi connectivity index (χ2n) is 2.80. The van der Waals surface area contributed by atoms with Gasteiger partial charge in [-0.05, 0) is 6.92 Å². The summed E-state index contributed by atoms with van der Waals surface area (Å²) < 4.78 is 6.25. The maximum Gasteiger partial charge on any atom is 0.342 e. The number of carbonyl (C=O) groups excluding carboxylic acids is 1. The lowest BCUT2D eigenvalue weighted by atomic mass is 10.4. The lowest BCUT2D eigenvalue weighted by molar-refractivity contribution is 0.0526. The maximum atomic E-state index is 11.5. The molecule has 0 unspecified atom stereocenters. The minimum absolute atomic E-state index is 0.216. The van der Waals surface area contributed by atoms with Gasteiger partial charge in [-0.3, -0.25) is 0 Å². The molecule has 0 aromatic carbocycles. The Balaban J connectivity index is 2.35. The Kier molecular flexibility index (Phi) is 3.21. The van der Waals surface area contributed by atoms with E-state index in [1.165, 1.54) is 22.2 Å². The zero-order valence-corrected chi connectivity index (χ0v) is 9.96.